The summed E-state index contributed by atoms with van der Waals surface area (Å²) in [6.07, 6.45) is 2.48. The van der Waals surface area contributed by atoms with E-state index in [1.165, 1.54) is 12.4 Å². The van der Waals surface area contributed by atoms with Crippen LogP contribution in [-0.2, 0) is 0 Å². The number of anilines is 1. The van der Waals surface area contributed by atoms with E-state index in [-0.39, 0.29) is 11.4 Å². The highest BCUT2D eigenvalue weighted by Gasteiger charge is 2.50. The number of nitrogens with zero attached hydrogens (tertiary/aromatic N) is 3. The fourth-order valence-corrected chi connectivity index (χ4v) is 3.21. The molecule has 0 saturated carbocycles. The van der Waals surface area contributed by atoms with Crippen LogP contribution in [0.1, 0.15) is 13.8 Å². The van der Waals surface area contributed by atoms with Crippen LogP contribution in [0.5, 0.6) is 0 Å². The Labute approximate surface area is 100 Å². The molecule has 0 aromatic carbocycles. The summed E-state index contributed by atoms with van der Waals surface area (Å²) in [4.78, 5) is 10.4. The molecule has 0 bridgehead atoms. The number of nitrogens with one attached hydrogen (secondary N) is 1. The van der Waals surface area contributed by atoms with Gasteiger partial charge in [0.15, 0.2) is 5.82 Å². The first kappa shape index (κ1) is 10.9. The van der Waals surface area contributed by atoms with Gasteiger partial charge in [-0.15, -0.1) is 0 Å². The van der Waals surface area contributed by atoms with E-state index < -0.39 is 0 Å². The van der Waals surface area contributed by atoms with Crippen LogP contribution in [0.4, 0.5) is 10.3 Å². The molecule has 3 heterocycles. The van der Waals surface area contributed by atoms with Crippen LogP contribution in [0.15, 0.2) is 12.4 Å². The van der Waals surface area contributed by atoms with E-state index in [4.69, 9.17) is 0 Å². The summed E-state index contributed by atoms with van der Waals surface area (Å²) < 4.78 is 12.8. The minimum atomic E-state index is -0.382. The topological polar surface area (TPSA) is 41.0 Å². The number of hydrogen-bond acceptors (Lipinski definition) is 4. The zero-order valence-electron chi connectivity index (χ0n) is 10.2. The second-order valence-electron chi connectivity index (χ2n) is 5.49. The first-order valence-electron chi connectivity index (χ1n) is 6.05. The lowest BCUT2D eigenvalue weighted by atomic mass is 9.85. The van der Waals surface area contributed by atoms with Crippen molar-refractivity contribution in [2.75, 3.05) is 24.5 Å². The van der Waals surface area contributed by atoms with Gasteiger partial charge in [-0.3, -0.25) is 0 Å². The summed E-state index contributed by atoms with van der Waals surface area (Å²) in [5.74, 6) is 1.54. The maximum atomic E-state index is 12.8. The van der Waals surface area contributed by atoms with Gasteiger partial charge in [0.25, 0.3) is 0 Å². The Morgan fingerprint density at radius 2 is 2.06 bits per heavy atom. The van der Waals surface area contributed by atoms with Crippen molar-refractivity contribution < 1.29 is 4.39 Å². The molecule has 2 aliphatic heterocycles. The summed E-state index contributed by atoms with van der Waals surface area (Å²) in [5.41, 5.74) is 0.0337. The van der Waals surface area contributed by atoms with Gasteiger partial charge >= 0.3 is 0 Å². The van der Waals surface area contributed by atoms with Crippen molar-refractivity contribution in [1.82, 2.24) is 15.3 Å². The molecule has 0 spiro atoms. The molecule has 0 amide bonds. The Hall–Kier alpha value is -1.23. The number of rotatable bonds is 1. The SMILES string of the molecule is CC1(C)C2CNCC2CN1c1ncc(F)cn1. The summed E-state index contributed by atoms with van der Waals surface area (Å²) >= 11 is 0. The maximum absolute atomic E-state index is 12.8. The van der Waals surface area contributed by atoms with Crippen molar-refractivity contribution in [3.8, 4) is 0 Å². The van der Waals surface area contributed by atoms with E-state index in [9.17, 15) is 4.39 Å². The maximum Gasteiger partial charge on any atom is 0.225 e. The van der Waals surface area contributed by atoms with Crippen molar-refractivity contribution in [1.29, 1.82) is 0 Å². The van der Waals surface area contributed by atoms with Gasteiger partial charge in [-0.25, -0.2) is 14.4 Å². The molecule has 1 aromatic rings. The normalized spacial score (nSPS) is 30.6. The Morgan fingerprint density at radius 3 is 2.71 bits per heavy atom. The van der Waals surface area contributed by atoms with Crippen molar-refractivity contribution in [3.05, 3.63) is 18.2 Å². The Morgan fingerprint density at radius 1 is 1.35 bits per heavy atom. The van der Waals surface area contributed by atoms with Crippen LogP contribution in [0, 0.1) is 17.7 Å². The van der Waals surface area contributed by atoms with Crippen LogP contribution in [0.3, 0.4) is 0 Å². The quantitative estimate of drug-likeness (QED) is 0.791. The Bertz CT molecular complexity index is 417. The van der Waals surface area contributed by atoms with Gasteiger partial charge in [0, 0.05) is 25.2 Å². The number of aromatic nitrogens is 2. The van der Waals surface area contributed by atoms with E-state index in [0.29, 0.717) is 17.8 Å². The standard InChI is InChI=1S/C12H17FN4/c1-12(2)10-6-14-3-8(10)7-17(12)11-15-4-9(13)5-16-11/h4-5,8,10,14H,3,6-7H2,1-2H3. The van der Waals surface area contributed by atoms with E-state index in [2.05, 4.69) is 34.0 Å². The first-order valence-corrected chi connectivity index (χ1v) is 6.05. The van der Waals surface area contributed by atoms with Gasteiger partial charge in [0.2, 0.25) is 5.95 Å². The van der Waals surface area contributed by atoms with Gasteiger partial charge in [-0.2, -0.15) is 0 Å². The molecular formula is C12H17FN4. The molecule has 3 rings (SSSR count). The Kier molecular flexibility index (Phi) is 2.33. The first-order chi connectivity index (χ1) is 8.09. The van der Waals surface area contributed by atoms with Crippen LogP contribution < -0.4 is 10.2 Å². The average Bonchev–Trinajstić information content (AvgIpc) is 2.83. The minimum Gasteiger partial charge on any atom is -0.335 e. The van der Waals surface area contributed by atoms with Crippen LogP contribution in [0.2, 0.25) is 0 Å². The summed E-state index contributed by atoms with van der Waals surface area (Å²) in [6.45, 7) is 7.51. The lowest BCUT2D eigenvalue weighted by molar-refractivity contribution is 0.355. The van der Waals surface area contributed by atoms with Crippen LogP contribution >= 0.6 is 0 Å². The zero-order valence-corrected chi connectivity index (χ0v) is 10.2. The predicted octanol–water partition coefficient (Wildman–Crippen LogP) is 1.05. The number of fused-ring (bicyclic) bond motifs is 1. The summed E-state index contributed by atoms with van der Waals surface area (Å²) in [5, 5.41) is 3.43. The third-order valence-electron chi connectivity index (χ3n) is 4.21. The van der Waals surface area contributed by atoms with Crippen molar-refractivity contribution in [2.45, 2.75) is 19.4 Å². The third kappa shape index (κ3) is 1.60. The van der Waals surface area contributed by atoms with E-state index in [0.717, 1.165) is 19.6 Å². The average molecular weight is 236 g/mol. The zero-order chi connectivity index (χ0) is 12.0. The van der Waals surface area contributed by atoms with Crippen molar-refractivity contribution >= 4 is 5.95 Å². The summed E-state index contributed by atoms with van der Waals surface area (Å²) in [6, 6.07) is 0. The second-order valence-corrected chi connectivity index (χ2v) is 5.49. The molecule has 1 N–H and O–H groups in total. The molecule has 2 atom stereocenters. The van der Waals surface area contributed by atoms with E-state index in [1.54, 1.807) is 0 Å². The molecule has 2 aliphatic rings. The van der Waals surface area contributed by atoms with Crippen molar-refractivity contribution in [3.63, 3.8) is 0 Å². The van der Waals surface area contributed by atoms with Gasteiger partial charge in [0.1, 0.15) is 0 Å². The molecule has 0 radical (unpaired) electrons. The lowest BCUT2D eigenvalue weighted by Gasteiger charge is -2.35. The van der Waals surface area contributed by atoms with Gasteiger partial charge in [-0.1, -0.05) is 0 Å². The van der Waals surface area contributed by atoms with E-state index >= 15 is 0 Å². The third-order valence-corrected chi connectivity index (χ3v) is 4.21. The molecule has 92 valence electrons. The molecule has 17 heavy (non-hydrogen) atoms. The number of halogens is 1. The summed E-state index contributed by atoms with van der Waals surface area (Å²) in [7, 11) is 0. The van der Waals surface area contributed by atoms with Crippen LogP contribution in [0.25, 0.3) is 0 Å². The highest BCUT2D eigenvalue weighted by Crippen LogP contribution is 2.41. The van der Waals surface area contributed by atoms with Gasteiger partial charge in [0.05, 0.1) is 12.4 Å². The second kappa shape index (κ2) is 3.63. The lowest BCUT2D eigenvalue weighted by Crippen LogP contribution is -2.45. The largest absolute Gasteiger partial charge is 0.335 e. The molecule has 2 saturated heterocycles. The fraction of sp³-hybridized carbons (Fsp3) is 0.667. The predicted molar refractivity (Wildman–Crippen MR) is 63.3 cm³/mol. The monoisotopic (exact) mass is 236 g/mol. The highest BCUT2D eigenvalue weighted by atomic mass is 19.1. The Balaban J connectivity index is 1.91. The fourth-order valence-electron chi connectivity index (χ4n) is 3.21. The molecule has 1 aromatic heterocycles. The molecule has 5 heteroatoms. The van der Waals surface area contributed by atoms with E-state index in [1.807, 2.05) is 0 Å². The molecule has 2 unspecified atom stereocenters. The molecular weight excluding hydrogens is 219 g/mol. The number of hydrogen-bond donors (Lipinski definition) is 1. The highest BCUT2D eigenvalue weighted by molar-refractivity contribution is 5.38. The van der Waals surface area contributed by atoms with Crippen molar-refractivity contribution in [2.24, 2.45) is 11.8 Å². The van der Waals surface area contributed by atoms with Crippen LogP contribution in [-0.4, -0.2) is 35.1 Å². The molecule has 0 aliphatic carbocycles. The molecule has 4 nitrogen and oxygen atoms in total. The minimum absolute atomic E-state index is 0.0337. The van der Waals surface area contributed by atoms with Gasteiger partial charge in [-0.05, 0) is 25.7 Å². The van der Waals surface area contributed by atoms with Gasteiger partial charge < -0.3 is 10.2 Å². The molecule has 2 fully saturated rings. The smallest absolute Gasteiger partial charge is 0.225 e.